The van der Waals surface area contributed by atoms with Gasteiger partial charge in [-0.1, -0.05) is 42.3 Å². The minimum absolute atomic E-state index is 0. The average Bonchev–Trinajstić information content (AvgIpc) is 2.52. The summed E-state index contributed by atoms with van der Waals surface area (Å²) in [6, 6.07) is 9.82. The summed E-state index contributed by atoms with van der Waals surface area (Å²) in [5, 5.41) is 17.5. The molecule has 0 spiro atoms. The zero-order valence-corrected chi connectivity index (χ0v) is 16.0. The van der Waals surface area contributed by atoms with Gasteiger partial charge >= 0.3 is 0 Å². The fraction of sp³-hybridized carbons (Fsp3) is 0.562. The van der Waals surface area contributed by atoms with Gasteiger partial charge < -0.3 is 26.1 Å². The van der Waals surface area contributed by atoms with Gasteiger partial charge in [-0.2, -0.15) is 32.7 Å². The van der Waals surface area contributed by atoms with E-state index < -0.39 is 0 Å². The second-order valence-electron chi connectivity index (χ2n) is 5.01. The van der Waals surface area contributed by atoms with Gasteiger partial charge in [0.25, 0.3) is 0 Å². The molecule has 1 fully saturated rings. The van der Waals surface area contributed by atoms with Gasteiger partial charge in [-0.25, -0.2) is 0 Å². The minimum Gasteiger partial charge on any atom is -0.664 e. The summed E-state index contributed by atoms with van der Waals surface area (Å²) >= 11 is 0. The van der Waals surface area contributed by atoms with Crippen LogP contribution in [0.1, 0.15) is 24.4 Å². The number of nitrogens with zero attached hydrogens (tertiary/aromatic N) is 4. The van der Waals surface area contributed by atoms with Crippen molar-refractivity contribution in [3.8, 4) is 0 Å². The second-order valence-corrected chi connectivity index (χ2v) is 5.01. The molecule has 1 aliphatic heterocycles. The molecule has 1 heterocycles. The largest absolute Gasteiger partial charge is 0.664 e. The molecular weight excluding hydrogens is 330 g/mol. The van der Waals surface area contributed by atoms with Crippen LogP contribution in [0.5, 0.6) is 0 Å². The predicted molar refractivity (Wildman–Crippen MR) is 86.1 cm³/mol. The molecule has 0 bridgehead atoms. The summed E-state index contributed by atoms with van der Waals surface area (Å²) in [5.41, 5.74) is 1.07. The molecule has 1 amide bonds. The van der Waals surface area contributed by atoms with Gasteiger partial charge in [0, 0.05) is 25.4 Å². The van der Waals surface area contributed by atoms with Crippen LogP contribution in [-0.2, 0) is 24.3 Å². The molecule has 1 aromatic rings. The third-order valence-electron chi connectivity index (χ3n) is 3.34. The molecule has 118 valence electrons. The fourth-order valence-corrected chi connectivity index (χ4v) is 2.24. The number of rotatable bonds is 1. The van der Waals surface area contributed by atoms with Crippen molar-refractivity contribution in [2.24, 2.45) is 0 Å². The van der Waals surface area contributed by atoms with E-state index in [1.807, 2.05) is 30.3 Å². The number of hydrogen-bond acceptors (Lipinski definition) is 1. The van der Waals surface area contributed by atoms with Crippen LogP contribution in [0.15, 0.2) is 30.3 Å². The fourth-order valence-electron chi connectivity index (χ4n) is 2.24. The molecule has 6 heteroatoms. The summed E-state index contributed by atoms with van der Waals surface area (Å²) in [4.78, 5) is 11.9. The first-order chi connectivity index (χ1) is 10.4. The molecule has 2 rings (SSSR count). The molecule has 1 saturated heterocycles. The molecule has 0 saturated carbocycles. The van der Waals surface area contributed by atoms with E-state index in [1.165, 1.54) is 0 Å². The Bertz CT molecular complexity index is 416. The minimum atomic E-state index is -0.113. The molecule has 0 aromatic heterocycles. The number of benzene rings is 1. The van der Waals surface area contributed by atoms with Crippen LogP contribution >= 0.6 is 0 Å². The molecule has 0 aliphatic carbocycles. The van der Waals surface area contributed by atoms with Crippen LogP contribution < -0.4 is 0 Å². The first-order valence-electron chi connectivity index (χ1n) is 7.54. The maximum absolute atomic E-state index is 11.9. The van der Waals surface area contributed by atoms with Crippen molar-refractivity contribution in [2.45, 2.75) is 18.9 Å². The van der Waals surface area contributed by atoms with E-state index in [1.54, 1.807) is 0 Å². The summed E-state index contributed by atoms with van der Waals surface area (Å²) in [6.45, 7) is 4.12. The van der Waals surface area contributed by atoms with Crippen LogP contribution in [0, 0.1) is 0 Å². The van der Waals surface area contributed by atoms with Crippen LogP contribution in [0.4, 0.5) is 0 Å². The first kappa shape index (κ1) is 19.2. The van der Waals surface area contributed by atoms with E-state index >= 15 is 0 Å². The maximum Gasteiger partial charge on any atom is 0.0499 e. The van der Waals surface area contributed by atoms with E-state index in [-0.39, 0.29) is 31.4 Å². The van der Waals surface area contributed by atoms with Gasteiger partial charge in [0.1, 0.15) is 0 Å². The maximum atomic E-state index is 11.9. The van der Waals surface area contributed by atoms with Crippen molar-refractivity contribution < 1.29 is 24.3 Å². The zero-order valence-electron chi connectivity index (χ0n) is 13.0. The van der Waals surface area contributed by atoms with Crippen LogP contribution in [-0.4, -0.2) is 45.2 Å². The smallest absolute Gasteiger partial charge is 0.0499 e. The van der Waals surface area contributed by atoms with Gasteiger partial charge in [0.15, 0.2) is 0 Å². The topological polar surface area (TPSA) is 73.5 Å². The van der Waals surface area contributed by atoms with E-state index in [0.29, 0.717) is 32.6 Å². The summed E-state index contributed by atoms with van der Waals surface area (Å²) in [7, 11) is 0. The van der Waals surface area contributed by atoms with Gasteiger partial charge in [-0.3, -0.25) is 0 Å². The number of carbonyl (C=O) groups excluding carboxylic acids is 1. The van der Waals surface area contributed by atoms with Crippen molar-refractivity contribution >= 4 is 5.91 Å². The normalized spacial score (nSPS) is 22.0. The third-order valence-corrected chi connectivity index (χ3v) is 3.34. The Hall–Kier alpha value is -0.807. The molecular formula is C16H22N4OZn-4. The van der Waals surface area contributed by atoms with Crippen molar-refractivity contribution in [1.82, 2.24) is 0 Å². The Kier molecular flexibility index (Phi) is 10.3. The summed E-state index contributed by atoms with van der Waals surface area (Å²) < 4.78 is 0. The molecule has 1 aliphatic rings. The van der Waals surface area contributed by atoms with Gasteiger partial charge in [0.05, 0.1) is 0 Å². The van der Waals surface area contributed by atoms with E-state index in [9.17, 15) is 4.79 Å². The third kappa shape index (κ3) is 7.45. The van der Waals surface area contributed by atoms with E-state index in [2.05, 4.69) is 21.3 Å². The number of amides is 1. The van der Waals surface area contributed by atoms with Crippen molar-refractivity contribution in [3.63, 3.8) is 0 Å². The van der Waals surface area contributed by atoms with Crippen molar-refractivity contribution in [3.05, 3.63) is 57.2 Å². The predicted octanol–water partition coefficient (Wildman–Crippen LogP) is 3.54. The second kappa shape index (κ2) is 11.7. The molecule has 0 radical (unpaired) electrons. The van der Waals surface area contributed by atoms with Gasteiger partial charge in [-0.15, -0.1) is 12.6 Å². The van der Waals surface area contributed by atoms with E-state index in [4.69, 9.17) is 0 Å². The Morgan fingerprint density at radius 3 is 2.27 bits per heavy atom. The quantitative estimate of drug-likeness (QED) is 0.713. The molecule has 0 N–H and O–H groups in total. The van der Waals surface area contributed by atoms with Crippen molar-refractivity contribution in [2.75, 3.05) is 39.3 Å². The van der Waals surface area contributed by atoms with E-state index in [0.717, 1.165) is 25.1 Å². The molecule has 1 unspecified atom stereocenters. The number of carbonyl (C=O) groups is 1. The molecule has 5 nitrogen and oxygen atoms in total. The zero-order chi connectivity index (χ0) is 14.8. The summed E-state index contributed by atoms with van der Waals surface area (Å²) in [6.07, 6.45) is 1.31. The number of hydrogen-bond donors (Lipinski definition) is 0. The van der Waals surface area contributed by atoms with Crippen molar-refractivity contribution in [1.29, 1.82) is 0 Å². The van der Waals surface area contributed by atoms with Gasteiger partial charge in [0.2, 0.25) is 0 Å². The Balaban J connectivity index is 0.00000242. The SMILES string of the molecule is O=C1CC(c2ccccc2)[N-]CC[N-]CCC[N-]CC[N-]1.[Zn]. The van der Waals surface area contributed by atoms with Crippen LogP contribution in [0.2, 0.25) is 0 Å². The van der Waals surface area contributed by atoms with Crippen LogP contribution in [0.3, 0.4) is 0 Å². The van der Waals surface area contributed by atoms with Crippen LogP contribution in [0.25, 0.3) is 21.3 Å². The molecule has 22 heavy (non-hydrogen) atoms. The average molecular weight is 352 g/mol. The molecule has 1 atom stereocenters. The van der Waals surface area contributed by atoms with Gasteiger partial charge in [-0.05, 0) is 6.42 Å². The summed E-state index contributed by atoms with van der Waals surface area (Å²) in [5.74, 6) is -0.0863. The Labute approximate surface area is 145 Å². The Morgan fingerprint density at radius 1 is 0.864 bits per heavy atom. The monoisotopic (exact) mass is 350 g/mol. The molecule has 1 aromatic carbocycles. The standard InChI is InChI=1S/C16H23N4O.Zn/c21-16-13-15(14-5-2-1-3-6-14)19-11-9-17-7-4-8-18-10-12-20-16;/h1-3,5-6,15H,4,7-13H2,(H,20,21);/q-3;/p-1. The Morgan fingerprint density at radius 2 is 1.55 bits per heavy atom. The first-order valence-corrected chi connectivity index (χ1v) is 7.54.